The number of anilines is 2. The minimum atomic E-state index is -3.43. The molecule has 1 saturated carbocycles. The zero-order valence-electron chi connectivity index (χ0n) is 13.9. The van der Waals surface area contributed by atoms with Crippen molar-refractivity contribution in [2.75, 3.05) is 23.8 Å². The highest BCUT2D eigenvalue weighted by Crippen LogP contribution is 2.33. The van der Waals surface area contributed by atoms with Crippen LogP contribution in [0.4, 0.5) is 11.6 Å². The molecule has 1 aliphatic carbocycles. The van der Waals surface area contributed by atoms with Gasteiger partial charge in [-0.1, -0.05) is 6.92 Å². The fourth-order valence-corrected chi connectivity index (χ4v) is 3.59. The monoisotopic (exact) mass is 341 g/mol. The molecule has 1 heterocycles. The van der Waals surface area contributed by atoms with E-state index in [1.807, 2.05) is 13.8 Å². The number of esters is 1. The van der Waals surface area contributed by atoms with Gasteiger partial charge in [0.15, 0.2) is 0 Å². The molecule has 1 atom stereocenters. The van der Waals surface area contributed by atoms with Crippen molar-refractivity contribution >= 4 is 27.6 Å². The summed E-state index contributed by atoms with van der Waals surface area (Å²) in [6, 6.07) is 3.15. The molecule has 2 rings (SSSR count). The van der Waals surface area contributed by atoms with Gasteiger partial charge in [0.25, 0.3) is 0 Å². The summed E-state index contributed by atoms with van der Waals surface area (Å²) in [5, 5.41) is 2.82. The highest BCUT2D eigenvalue weighted by molar-refractivity contribution is 7.93. The highest BCUT2D eigenvalue weighted by Gasteiger charge is 2.39. The molecule has 0 bridgehead atoms. The molecule has 1 aromatic rings. The fraction of sp³-hybridized carbons (Fsp3) is 0.600. The van der Waals surface area contributed by atoms with Crippen molar-refractivity contribution in [3.8, 4) is 0 Å². The average Bonchev–Trinajstić information content (AvgIpc) is 3.38. The van der Waals surface area contributed by atoms with Crippen LogP contribution in [0.5, 0.6) is 0 Å². The van der Waals surface area contributed by atoms with E-state index in [-0.39, 0.29) is 22.7 Å². The summed E-state index contributed by atoms with van der Waals surface area (Å²) in [6.45, 7) is 4.00. The molecule has 0 spiro atoms. The topological polar surface area (TPSA) is 88.6 Å². The Morgan fingerprint density at radius 3 is 2.65 bits per heavy atom. The maximum atomic E-state index is 12.4. The lowest BCUT2D eigenvalue weighted by Gasteiger charge is -2.21. The zero-order chi connectivity index (χ0) is 17.2. The summed E-state index contributed by atoms with van der Waals surface area (Å²) in [7, 11) is -0.679. The molecule has 7 nitrogen and oxygen atoms in total. The lowest BCUT2D eigenvalue weighted by Crippen LogP contribution is -2.31. The minimum absolute atomic E-state index is 0.147. The summed E-state index contributed by atoms with van der Waals surface area (Å²) >= 11 is 0. The first kappa shape index (κ1) is 17.5. The maximum absolute atomic E-state index is 12.4. The van der Waals surface area contributed by atoms with Gasteiger partial charge in [-0.2, -0.15) is 0 Å². The summed E-state index contributed by atoms with van der Waals surface area (Å²) in [4.78, 5) is 16.2. The van der Waals surface area contributed by atoms with Crippen LogP contribution in [0.25, 0.3) is 0 Å². The Morgan fingerprint density at radius 2 is 2.13 bits per heavy atom. The number of rotatable bonds is 7. The van der Waals surface area contributed by atoms with E-state index in [1.165, 1.54) is 20.2 Å². The fourth-order valence-electron chi connectivity index (χ4n) is 2.06. The SMILES string of the molecule is CCC(C)Nc1cc(C(=O)OC)cc(N(C)S(=O)(=O)C2CC2)n1. The predicted octanol–water partition coefficient (Wildman–Crippen LogP) is 2.01. The minimum Gasteiger partial charge on any atom is -0.465 e. The van der Waals surface area contributed by atoms with Crippen molar-refractivity contribution in [2.45, 2.75) is 44.4 Å². The van der Waals surface area contributed by atoms with Gasteiger partial charge in [-0.25, -0.2) is 18.2 Å². The number of ether oxygens (including phenoxy) is 1. The predicted molar refractivity (Wildman–Crippen MR) is 89.3 cm³/mol. The molecule has 1 fully saturated rings. The molecular formula is C15H23N3O4S. The van der Waals surface area contributed by atoms with Gasteiger partial charge in [-0.3, -0.25) is 4.31 Å². The first-order valence-corrected chi connectivity index (χ1v) is 9.14. The van der Waals surface area contributed by atoms with Crippen molar-refractivity contribution in [1.82, 2.24) is 4.98 Å². The lowest BCUT2D eigenvalue weighted by molar-refractivity contribution is 0.0600. The zero-order valence-corrected chi connectivity index (χ0v) is 14.7. The van der Waals surface area contributed by atoms with E-state index >= 15 is 0 Å². The molecule has 23 heavy (non-hydrogen) atoms. The van der Waals surface area contributed by atoms with Crippen LogP contribution < -0.4 is 9.62 Å². The summed E-state index contributed by atoms with van der Waals surface area (Å²) < 4.78 is 30.7. The molecule has 1 unspecified atom stereocenters. The first-order chi connectivity index (χ1) is 10.8. The number of carbonyl (C=O) groups excluding carboxylic acids is 1. The van der Waals surface area contributed by atoms with Gasteiger partial charge in [-0.15, -0.1) is 0 Å². The van der Waals surface area contributed by atoms with E-state index < -0.39 is 16.0 Å². The number of methoxy groups -OCH3 is 1. The number of sulfonamides is 1. The van der Waals surface area contributed by atoms with Crippen molar-refractivity contribution in [3.63, 3.8) is 0 Å². The number of nitrogens with zero attached hydrogens (tertiary/aromatic N) is 2. The standard InChI is InChI=1S/C15H23N3O4S/c1-5-10(2)16-13-8-11(15(19)22-4)9-14(17-13)18(3)23(20,21)12-6-7-12/h8-10,12H,5-7H2,1-4H3,(H,16,17). The summed E-state index contributed by atoms with van der Waals surface area (Å²) in [5.41, 5.74) is 0.265. The van der Waals surface area contributed by atoms with Crippen molar-refractivity contribution in [2.24, 2.45) is 0 Å². The number of nitrogens with one attached hydrogen (secondary N) is 1. The number of hydrogen-bond acceptors (Lipinski definition) is 6. The van der Waals surface area contributed by atoms with Crippen LogP contribution in [-0.4, -0.2) is 44.8 Å². The van der Waals surface area contributed by atoms with Gasteiger partial charge in [0, 0.05) is 13.1 Å². The third kappa shape index (κ3) is 3.93. The number of hydrogen-bond donors (Lipinski definition) is 1. The molecule has 1 aliphatic rings. The second-order valence-corrected chi connectivity index (χ2v) is 8.00. The number of carbonyl (C=O) groups is 1. The van der Waals surface area contributed by atoms with E-state index in [0.717, 1.165) is 10.7 Å². The van der Waals surface area contributed by atoms with Gasteiger partial charge in [0.05, 0.1) is 17.9 Å². The molecule has 128 valence electrons. The summed E-state index contributed by atoms with van der Waals surface area (Å²) in [6.07, 6.45) is 2.21. The van der Waals surface area contributed by atoms with Crippen LogP contribution in [0.3, 0.4) is 0 Å². The van der Waals surface area contributed by atoms with Crippen LogP contribution in [0, 0.1) is 0 Å². The molecule has 0 amide bonds. The second kappa shape index (κ2) is 6.74. The van der Waals surface area contributed by atoms with Crippen LogP contribution in [0.2, 0.25) is 0 Å². The van der Waals surface area contributed by atoms with Gasteiger partial charge in [-0.05, 0) is 38.3 Å². The van der Waals surface area contributed by atoms with E-state index in [9.17, 15) is 13.2 Å². The molecule has 0 radical (unpaired) electrons. The van der Waals surface area contributed by atoms with Gasteiger partial charge < -0.3 is 10.1 Å². The van der Waals surface area contributed by atoms with Crippen molar-refractivity contribution in [1.29, 1.82) is 0 Å². The number of pyridine rings is 1. The third-order valence-corrected chi connectivity index (χ3v) is 6.15. The average molecular weight is 341 g/mol. The first-order valence-electron chi connectivity index (χ1n) is 7.64. The van der Waals surface area contributed by atoms with Gasteiger partial charge in [0.1, 0.15) is 11.6 Å². The second-order valence-electron chi connectivity index (χ2n) is 5.76. The molecule has 1 aromatic heterocycles. The van der Waals surface area contributed by atoms with E-state index in [0.29, 0.717) is 18.7 Å². The Kier molecular flexibility index (Phi) is 5.13. The third-order valence-electron chi connectivity index (χ3n) is 3.89. The Hall–Kier alpha value is -1.83. The normalized spacial score (nSPS) is 15.8. The van der Waals surface area contributed by atoms with E-state index in [2.05, 4.69) is 10.3 Å². The Labute approximate surface area is 137 Å². The van der Waals surface area contributed by atoms with Crippen molar-refractivity contribution in [3.05, 3.63) is 17.7 Å². The van der Waals surface area contributed by atoms with Crippen LogP contribution in [-0.2, 0) is 14.8 Å². The molecule has 0 saturated heterocycles. The Bertz CT molecular complexity index is 686. The quantitative estimate of drug-likeness (QED) is 0.763. The van der Waals surface area contributed by atoms with E-state index in [4.69, 9.17) is 4.74 Å². The van der Waals surface area contributed by atoms with Gasteiger partial charge in [0.2, 0.25) is 10.0 Å². The molecule has 0 aliphatic heterocycles. The van der Waals surface area contributed by atoms with E-state index in [1.54, 1.807) is 6.07 Å². The largest absolute Gasteiger partial charge is 0.465 e. The highest BCUT2D eigenvalue weighted by atomic mass is 32.2. The Balaban J connectivity index is 2.40. The van der Waals surface area contributed by atoms with Gasteiger partial charge >= 0.3 is 5.97 Å². The van der Waals surface area contributed by atoms with Crippen molar-refractivity contribution < 1.29 is 17.9 Å². The lowest BCUT2D eigenvalue weighted by atomic mass is 10.2. The van der Waals surface area contributed by atoms with Crippen LogP contribution in [0.15, 0.2) is 12.1 Å². The number of aromatic nitrogens is 1. The van der Waals surface area contributed by atoms with Crippen LogP contribution >= 0.6 is 0 Å². The molecule has 8 heteroatoms. The smallest absolute Gasteiger partial charge is 0.338 e. The molecular weight excluding hydrogens is 318 g/mol. The Morgan fingerprint density at radius 1 is 1.48 bits per heavy atom. The molecule has 0 aromatic carbocycles. The van der Waals surface area contributed by atoms with Crippen LogP contribution in [0.1, 0.15) is 43.5 Å². The molecule has 1 N–H and O–H groups in total. The maximum Gasteiger partial charge on any atom is 0.338 e. The summed E-state index contributed by atoms with van der Waals surface area (Å²) in [5.74, 6) is 0.138.